The monoisotopic (exact) mass is 358 g/mol. The Hall–Kier alpha value is -1.95. The minimum absolute atomic E-state index is 0.144. The molecule has 1 aromatic carbocycles. The van der Waals surface area contributed by atoms with E-state index in [1.54, 1.807) is 0 Å². The van der Waals surface area contributed by atoms with Crippen molar-refractivity contribution in [2.45, 2.75) is 45.6 Å². The van der Waals surface area contributed by atoms with Crippen LogP contribution in [0.1, 0.15) is 44.5 Å². The molecule has 2 aromatic rings. The summed E-state index contributed by atoms with van der Waals surface area (Å²) in [6.45, 7) is 5.94. The van der Waals surface area contributed by atoms with Crippen molar-refractivity contribution in [1.82, 2.24) is 14.7 Å². The van der Waals surface area contributed by atoms with Crippen molar-refractivity contribution in [1.29, 1.82) is 0 Å². The van der Waals surface area contributed by atoms with Gasteiger partial charge in [-0.25, -0.2) is 4.98 Å². The van der Waals surface area contributed by atoms with E-state index in [-0.39, 0.29) is 5.91 Å². The quantitative estimate of drug-likeness (QED) is 0.747. The van der Waals surface area contributed by atoms with Crippen LogP contribution < -0.4 is 10.2 Å². The van der Waals surface area contributed by atoms with Crippen molar-refractivity contribution in [2.75, 3.05) is 18.0 Å². The Labute approximate surface area is 153 Å². The van der Waals surface area contributed by atoms with E-state index in [2.05, 4.69) is 40.6 Å². The number of rotatable bonds is 9. The Bertz CT molecular complexity index is 682. The van der Waals surface area contributed by atoms with Crippen molar-refractivity contribution < 1.29 is 4.79 Å². The van der Waals surface area contributed by atoms with E-state index in [4.69, 9.17) is 4.98 Å². The molecule has 0 atom stereocenters. The second kappa shape index (κ2) is 8.43. The smallest absolute Gasteiger partial charge is 0.221 e. The van der Waals surface area contributed by atoms with Gasteiger partial charge in [-0.15, -0.1) is 0 Å². The molecule has 0 aliphatic heterocycles. The molecule has 0 saturated heterocycles. The molecule has 3 rings (SSSR count). The highest BCUT2D eigenvalue weighted by molar-refractivity contribution is 7.09. The van der Waals surface area contributed by atoms with Gasteiger partial charge in [-0.05, 0) is 24.3 Å². The fraction of sp³-hybridized carbons (Fsp3) is 0.526. The number of hydrogen-bond acceptors (Lipinski definition) is 5. The normalized spacial score (nSPS) is 13.9. The highest BCUT2D eigenvalue weighted by atomic mass is 32.1. The van der Waals surface area contributed by atoms with Gasteiger partial charge in [-0.1, -0.05) is 44.2 Å². The van der Waals surface area contributed by atoms with Gasteiger partial charge in [0.2, 0.25) is 11.0 Å². The molecule has 1 fully saturated rings. The molecule has 0 spiro atoms. The Kier molecular flexibility index (Phi) is 6.02. The fourth-order valence-corrected chi connectivity index (χ4v) is 3.41. The van der Waals surface area contributed by atoms with Crippen LogP contribution in [0.25, 0.3) is 0 Å². The molecule has 134 valence electrons. The SMILES string of the molecule is CC(C)CN(CCC(=O)NC1CC1)c1nc(Cc2ccccc2)ns1. The lowest BCUT2D eigenvalue weighted by molar-refractivity contribution is -0.121. The molecule has 0 unspecified atom stereocenters. The van der Waals surface area contributed by atoms with Gasteiger partial charge in [0.05, 0.1) is 0 Å². The largest absolute Gasteiger partial charge is 0.353 e. The average molecular weight is 359 g/mol. The molecule has 1 aliphatic rings. The van der Waals surface area contributed by atoms with Crippen LogP contribution in [0.4, 0.5) is 5.13 Å². The maximum atomic E-state index is 12.0. The lowest BCUT2D eigenvalue weighted by atomic mass is 10.1. The Morgan fingerprint density at radius 3 is 2.76 bits per heavy atom. The molecular weight excluding hydrogens is 332 g/mol. The third-order valence-electron chi connectivity index (χ3n) is 4.07. The van der Waals surface area contributed by atoms with Gasteiger partial charge in [0.1, 0.15) is 5.82 Å². The number of benzene rings is 1. The van der Waals surface area contributed by atoms with Gasteiger partial charge in [0.15, 0.2) is 0 Å². The molecule has 1 aliphatic carbocycles. The predicted molar refractivity (Wildman–Crippen MR) is 102 cm³/mol. The number of hydrogen-bond donors (Lipinski definition) is 1. The number of carbonyl (C=O) groups is 1. The third kappa shape index (κ3) is 5.81. The summed E-state index contributed by atoms with van der Waals surface area (Å²) in [5.74, 6) is 1.50. The fourth-order valence-electron chi connectivity index (χ4n) is 2.69. The first-order valence-corrected chi connectivity index (χ1v) is 9.78. The van der Waals surface area contributed by atoms with E-state index in [1.165, 1.54) is 17.1 Å². The first-order chi connectivity index (χ1) is 12.1. The molecule has 1 saturated carbocycles. The van der Waals surface area contributed by atoms with Crippen LogP contribution >= 0.6 is 11.5 Å². The van der Waals surface area contributed by atoms with E-state index in [0.717, 1.165) is 36.8 Å². The summed E-state index contributed by atoms with van der Waals surface area (Å²) in [5.41, 5.74) is 1.21. The van der Waals surface area contributed by atoms with Crippen LogP contribution in [-0.4, -0.2) is 34.4 Å². The summed E-state index contributed by atoms with van der Waals surface area (Å²) in [6.07, 6.45) is 3.51. The molecule has 1 amide bonds. The topological polar surface area (TPSA) is 58.1 Å². The molecule has 1 N–H and O–H groups in total. The standard InChI is InChI=1S/C19H26N4OS/c1-14(2)13-23(11-10-18(24)20-16-8-9-16)19-21-17(22-25-19)12-15-6-4-3-5-7-15/h3-7,14,16H,8-13H2,1-2H3,(H,20,24). The van der Waals surface area contributed by atoms with Gasteiger partial charge in [0.25, 0.3) is 0 Å². The zero-order valence-electron chi connectivity index (χ0n) is 14.9. The maximum absolute atomic E-state index is 12.0. The number of nitrogens with one attached hydrogen (secondary N) is 1. The summed E-state index contributed by atoms with van der Waals surface area (Å²) in [7, 11) is 0. The molecule has 1 aromatic heterocycles. The number of carbonyl (C=O) groups excluding carboxylic acids is 1. The Morgan fingerprint density at radius 1 is 1.32 bits per heavy atom. The second-order valence-corrected chi connectivity index (χ2v) is 7.82. The summed E-state index contributed by atoms with van der Waals surface area (Å²) in [5, 5.41) is 3.97. The van der Waals surface area contributed by atoms with Crippen LogP contribution in [0.2, 0.25) is 0 Å². The van der Waals surface area contributed by atoms with Gasteiger partial charge >= 0.3 is 0 Å². The average Bonchev–Trinajstić information content (AvgIpc) is 3.28. The van der Waals surface area contributed by atoms with Crippen LogP contribution in [-0.2, 0) is 11.2 Å². The highest BCUT2D eigenvalue weighted by Gasteiger charge is 2.23. The lowest BCUT2D eigenvalue weighted by Crippen LogP contribution is -2.33. The second-order valence-electron chi connectivity index (χ2n) is 7.09. The summed E-state index contributed by atoms with van der Waals surface area (Å²) >= 11 is 1.43. The molecular formula is C19H26N4OS. The zero-order chi connectivity index (χ0) is 17.6. The molecule has 25 heavy (non-hydrogen) atoms. The number of aromatic nitrogens is 2. The lowest BCUT2D eigenvalue weighted by Gasteiger charge is -2.23. The molecule has 0 bridgehead atoms. The van der Waals surface area contributed by atoms with E-state index >= 15 is 0 Å². The first-order valence-electron chi connectivity index (χ1n) is 9.01. The first kappa shape index (κ1) is 17.9. The minimum Gasteiger partial charge on any atom is -0.353 e. The number of anilines is 1. The van der Waals surface area contributed by atoms with Crippen LogP contribution in [0, 0.1) is 5.92 Å². The zero-order valence-corrected chi connectivity index (χ0v) is 15.8. The van der Waals surface area contributed by atoms with E-state index in [9.17, 15) is 4.79 Å². The Balaban J connectivity index is 1.60. The van der Waals surface area contributed by atoms with E-state index in [0.29, 0.717) is 24.9 Å². The van der Waals surface area contributed by atoms with Crippen LogP contribution in [0.15, 0.2) is 30.3 Å². The van der Waals surface area contributed by atoms with Gasteiger partial charge < -0.3 is 10.2 Å². The predicted octanol–water partition coefficient (Wildman–Crippen LogP) is 3.26. The molecule has 0 radical (unpaired) electrons. The van der Waals surface area contributed by atoms with Crippen molar-refractivity contribution in [3.8, 4) is 0 Å². The van der Waals surface area contributed by atoms with Crippen LogP contribution in [0.3, 0.4) is 0 Å². The molecule has 6 heteroatoms. The van der Waals surface area contributed by atoms with Crippen molar-refractivity contribution in [3.63, 3.8) is 0 Å². The van der Waals surface area contributed by atoms with Crippen molar-refractivity contribution in [2.24, 2.45) is 5.92 Å². The minimum atomic E-state index is 0.144. The Morgan fingerprint density at radius 2 is 2.08 bits per heavy atom. The summed E-state index contributed by atoms with van der Waals surface area (Å²) in [6, 6.07) is 10.7. The van der Waals surface area contributed by atoms with E-state index in [1.807, 2.05) is 18.2 Å². The van der Waals surface area contributed by atoms with Gasteiger partial charge in [-0.2, -0.15) is 4.37 Å². The van der Waals surface area contributed by atoms with Gasteiger partial charge in [-0.3, -0.25) is 4.79 Å². The number of amides is 1. The van der Waals surface area contributed by atoms with Gasteiger partial charge in [0, 0.05) is 43.5 Å². The van der Waals surface area contributed by atoms with Crippen molar-refractivity contribution >= 4 is 22.6 Å². The summed E-state index contributed by atoms with van der Waals surface area (Å²) in [4.78, 5) is 18.9. The van der Waals surface area contributed by atoms with Crippen LogP contribution in [0.5, 0.6) is 0 Å². The highest BCUT2D eigenvalue weighted by Crippen LogP contribution is 2.21. The molecule has 1 heterocycles. The maximum Gasteiger partial charge on any atom is 0.221 e. The van der Waals surface area contributed by atoms with E-state index < -0.39 is 0 Å². The summed E-state index contributed by atoms with van der Waals surface area (Å²) < 4.78 is 4.51. The third-order valence-corrected chi connectivity index (χ3v) is 4.88. The molecule has 5 nitrogen and oxygen atoms in total. The van der Waals surface area contributed by atoms with Crippen molar-refractivity contribution in [3.05, 3.63) is 41.7 Å². The number of nitrogens with zero attached hydrogens (tertiary/aromatic N) is 3.